The van der Waals surface area contributed by atoms with Gasteiger partial charge in [0.1, 0.15) is 16.9 Å². The number of rotatable bonds is 13. The fourth-order valence-corrected chi connectivity index (χ4v) is 6.31. The maximum absolute atomic E-state index is 13.5. The van der Waals surface area contributed by atoms with Gasteiger partial charge < -0.3 is 19.5 Å². The molecule has 5 rings (SSSR count). The van der Waals surface area contributed by atoms with E-state index in [1.54, 1.807) is 11.7 Å². The van der Waals surface area contributed by atoms with Crippen LogP contribution in [0.5, 0.6) is 5.75 Å². The maximum atomic E-state index is 13.5. The Kier molecular flexibility index (Phi) is 11.2. The van der Waals surface area contributed by atoms with Crippen LogP contribution in [0.4, 0.5) is 0 Å². The zero-order valence-corrected chi connectivity index (χ0v) is 29.4. The molecule has 1 amide bonds. The van der Waals surface area contributed by atoms with Gasteiger partial charge in [-0.05, 0) is 88.6 Å². The summed E-state index contributed by atoms with van der Waals surface area (Å²) in [5.41, 5.74) is 1.50. The number of benzene rings is 2. The van der Waals surface area contributed by atoms with Gasteiger partial charge in [-0.15, -0.1) is 0 Å². The van der Waals surface area contributed by atoms with Crippen molar-refractivity contribution in [2.75, 3.05) is 19.7 Å². The van der Waals surface area contributed by atoms with Gasteiger partial charge >= 0.3 is 5.97 Å². The van der Waals surface area contributed by atoms with Crippen molar-refractivity contribution >= 4 is 22.9 Å². The average Bonchev–Trinajstić information content (AvgIpc) is 3.40. The predicted molar refractivity (Wildman–Crippen MR) is 188 cm³/mol. The molecule has 2 aromatic carbocycles. The first-order valence-corrected chi connectivity index (χ1v) is 17.2. The minimum Gasteiger partial charge on any atom is -0.494 e. The van der Waals surface area contributed by atoms with E-state index in [4.69, 9.17) is 9.47 Å². The SMILES string of the molecule is C[C@H](CC(=O)N1CCC(O)(Cn2cnc3c(-c4ccc(OCCCCCC(=O)OC(C)(C)C)cc4)n(C)nc3c2=O)CC1)c1ccccc1. The Hall–Kier alpha value is -4.51. The molecule has 1 fully saturated rings. The molecule has 0 unspecified atom stereocenters. The molecule has 11 heteroatoms. The number of fused-ring (bicyclic) bond motifs is 1. The molecule has 0 bridgehead atoms. The van der Waals surface area contributed by atoms with Crippen LogP contribution in [0, 0.1) is 0 Å². The monoisotopic (exact) mass is 671 g/mol. The number of esters is 1. The summed E-state index contributed by atoms with van der Waals surface area (Å²) in [7, 11) is 1.78. The predicted octanol–water partition coefficient (Wildman–Crippen LogP) is 5.63. The second kappa shape index (κ2) is 15.4. The minimum absolute atomic E-state index is 0.0754. The third kappa shape index (κ3) is 9.35. The van der Waals surface area contributed by atoms with E-state index in [1.165, 1.54) is 10.9 Å². The topological polar surface area (TPSA) is 129 Å². The largest absolute Gasteiger partial charge is 0.494 e. The Bertz CT molecular complexity index is 1780. The first kappa shape index (κ1) is 35.8. The second-order valence-corrected chi connectivity index (χ2v) is 14.2. The summed E-state index contributed by atoms with van der Waals surface area (Å²) in [5.74, 6) is 0.739. The van der Waals surface area contributed by atoms with Crippen LogP contribution in [-0.2, 0) is 27.9 Å². The van der Waals surface area contributed by atoms with Crippen LogP contribution < -0.4 is 10.3 Å². The van der Waals surface area contributed by atoms with E-state index in [0.717, 1.165) is 36.1 Å². The van der Waals surface area contributed by atoms with E-state index in [-0.39, 0.29) is 35.4 Å². The first-order chi connectivity index (χ1) is 23.3. The van der Waals surface area contributed by atoms with Crippen LogP contribution in [-0.4, -0.2) is 72.1 Å². The molecule has 11 nitrogen and oxygen atoms in total. The molecule has 1 saturated heterocycles. The molecule has 1 aliphatic heterocycles. The molecular formula is C38H49N5O6. The fourth-order valence-electron chi connectivity index (χ4n) is 6.31. The lowest BCUT2D eigenvalue weighted by atomic mass is 9.90. The Morgan fingerprint density at radius 3 is 2.35 bits per heavy atom. The summed E-state index contributed by atoms with van der Waals surface area (Å²) < 4.78 is 14.3. The number of carbonyl (C=O) groups is 2. The Morgan fingerprint density at radius 1 is 0.980 bits per heavy atom. The molecule has 49 heavy (non-hydrogen) atoms. The number of hydrogen-bond acceptors (Lipinski definition) is 8. The van der Waals surface area contributed by atoms with Crippen molar-refractivity contribution in [1.82, 2.24) is 24.2 Å². The summed E-state index contributed by atoms with van der Waals surface area (Å²) in [6, 6.07) is 17.6. The van der Waals surface area contributed by atoms with Gasteiger partial charge in [0.2, 0.25) is 5.91 Å². The van der Waals surface area contributed by atoms with Gasteiger partial charge in [0.05, 0.1) is 30.8 Å². The molecule has 1 atom stereocenters. The summed E-state index contributed by atoms with van der Waals surface area (Å²) in [4.78, 5) is 44.8. The number of aryl methyl sites for hydroxylation is 1. The van der Waals surface area contributed by atoms with Crippen molar-refractivity contribution < 1.29 is 24.2 Å². The van der Waals surface area contributed by atoms with Gasteiger partial charge in [-0.3, -0.25) is 23.6 Å². The molecule has 1 aliphatic rings. The van der Waals surface area contributed by atoms with E-state index in [2.05, 4.69) is 17.0 Å². The third-order valence-electron chi connectivity index (χ3n) is 9.01. The number of nitrogens with zero attached hydrogens (tertiary/aromatic N) is 5. The summed E-state index contributed by atoms with van der Waals surface area (Å²) in [6.45, 7) is 9.14. The second-order valence-electron chi connectivity index (χ2n) is 14.2. The highest BCUT2D eigenvalue weighted by atomic mass is 16.6. The quantitative estimate of drug-likeness (QED) is 0.143. The molecule has 262 valence electrons. The van der Waals surface area contributed by atoms with E-state index >= 15 is 0 Å². The van der Waals surface area contributed by atoms with Crippen LogP contribution in [0.3, 0.4) is 0 Å². The highest BCUT2D eigenvalue weighted by Crippen LogP contribution is 2.29. The number of amides is 1. The van der Waals surface area contributed by atoms with Crippen molar-refractivity contribution in [3.8, 4) is 17.0 Å². The highest BCUT2D eigenvalue weighted by molar-refractivity contribution is 5.89. The minimum atomic E-state index is -1.13. The normalized spacial score (nSPS) is 15.3. The smallest absolute Gasteiger partial charge is 0.306 e. The number of likely N-dealkylation sites (tertiary alicyclic amines) is 1. The van der Waals surface area contributed by atoms with Crippen molar-refractivity contribution in [1.29, 1.82) is 0 Å². The molecule has 0 spiro atoms. The van der Waals surface area contributed by atoms with E-state index in [9.17, 15) is 19.5 Å². The number of hydrogen-bond donors (Lipinski definition) is 1. The van der Waals surface area contributed by atoms with Gasteiger partial charge in [-0.1, -0.05) is 37.3 Å². The number of unbranched alkanes of at least 4 members (excludes halogenated alkanes) is 2. The molecule has 0 saturated carbocycles. The van der Waals surface area contributed by atoms with Crippen LogP contribution in [0.1, 0.15) is 84.1 Å². The lowest BCUT2D eigenvalue weighted by molar-refractivity contribution is -0.155. The number of piperidine rings is 1. The summed E-state index contributed by atoms with van der Waals surface area (Å²) >= 11 is 0. The van der Waals surface area contributed by atoms with Gasteiger partial charge in [0.15, 0.2) is 5.52 Å². The number of ether oxygens (including phenoxy) is 2. The van der Waals surface area contributed by atoms with Crippen molar-refractivity contribution in [3.63, 3.8) is 0 Å². The van der Waals surface area contributed by atoms with Crippen LogP contribution in [0.15, 0.2) is 65.7 Å². The standard InChI is InChI=1S/C38H49N5O6/c1-27(28-12-8-6-9-13-28)24-31(44)42-21-19-38(47,20-22-42)25-43-26-39-33-34(36(43)46)40-41(5)35(33)29-15-17-30(18-16-29)48-23-11-7-10-14-32(45)49-37(2,3)4/h6,8-9,12-13,15-18,26-27,47H,7,10-11,14,19-25H2,1-5H3/t27-/m1/s1. The Balaban J connectivity index is 1.14. The summed E-state index contributed by atoms with van der Waals surface area (Å²) in [5, 5.41) is 15.9. The number of aromatic nitrogens is 4. The zero-order valence-electron chi connectivity index (χ0n) is 29.4. The van der Waals surface area contributed by atoms with E-state index < -0.39 is 11.2 Å². The third-order valence-corrected chi connectivity index (χ3v) is 9.01. The Labute approximate surface area is 287 Å². The van der Waals surface area contributed by atoms with Crippen molar-refractivity contribution in [2.24, 2.45) is 7.05 Å². The van der Waals surface area contributed by atoms with Gasteiger partial charge in [-0.25, -0.2) is 4.98 Å². The van der Waals surface area contributed by atoms with Gasteiger partial charge in [0.25, 0.3) is 5.56 Å². The molecular weight excluding hydrogens is 622 g/mol. The fraction of sp³-hybridized carbons (Fsp3) is 0.500. The lowest BCUT2D eigenvalue weighted by Gasteiger charge is -2.38. The van der Waals surface area contributed by atoms with Gasteiger partial charge in [0, 0.05) is 38.5 Å². The molecule has 0 aliphatic carbocycles. The van der Waals surface area contributed by atoms with Crippen molar-refractivity contribution in [2.45, 2.75) is 96.3 Å². The van der Waals surface area contributed by atoms with Crippen LogP contribution in [0.2, 0.25) is 0 Å². The number of aliphatic hydroxyl groups is 1. The average molecular weight is 672 g/mol. The summed E-state index contributed by atoms with van der Waals surface area (Å²) in [6.07, 6.45) is 5.49. The van der Waals surface area contributed by atoms with Crippen LogP contribution >= 0.6 is 0 Å². The molecule has 0 radical (unpaired) electrons. The highest BCUT2D eigenvalue weighted by Gasteiger charge is 2.35. The molecule has 4 aromatic rings. The molecule has 2 aromatic heterocycles. The molecule has 1 N–H and O–H groups in total. The van der Waals surface area contributed by atoms with E-state index in [1.807, 2.05) is 80.3 Å². The number of carbonyl (C=O) groups excluding carboxylic acids is 2. The lowest BCUT2D eigenvalue weighted by Crippen LogP contribution is -2.49. The first-order valence-electron chi connectivity index (χ1n) is 17.2. The van der Waals surface area contributed by atoms with Crippen LogP contribution in [0.25, 0.3) is 22.3 Å². The Morgan fingerprint density at radius 2 is 1.67 bits per heavy atom. The zero-order chi connectivity index (χ0) is 35.2. The maximum Gasteiger partial charge on any atom is 0.306 e. The van der Waals surface area contributed by atoms with E-state index in [0.29, 0.717) is 56.6 Å². The van der Waals surface area contributed by atoms with Crippen molar-refractivity contribution in [3.05, 3.63) is 76.8 Å². The van der Waals surface area contributed by atoms with Gasteiger partial charge in [-0.2, -0.15) is 5.10 Å². The molecule has 3 heterocycles.